The van der Waals surface area contributed by atoms with E-state index in [1.54, 1.807) is 16.0 Å². The summed E-state index contributed by atoms with van der Waals surface area (Å²) < 4.78 is 1.72. The number of nitrogens with zero attached hydrogens (tertiary/aromatic N) is 5. The Kier molecular flexibility index (Phi) is 2.30. The van der Waals surface area contributed by atoms with Gasteiger partial charge in [0.25, 0.3) is 0 Å². The number of hydrogen-bond donors (Lipinski definition) is 0. The van der Waals surface area contributed by atoms with Crippen molar-refractivity contribution in [3.05, 3.63) is 33.9 Å². The van der Waals surface area contributed by atoms with Crippen LogP contribution in [0.1, 0.15) is 4.88 Å². The molecule has 0 radical (unpaired) electrons. The van der Waals surface area contributed by atoms with Gasteiger partial charge in [-0.25, -0.2) is 14.6 Å². The van der Waals surface area contributed by atoms with Crippen LogP contribution in [0.2, 0.25) is 5.15 Å². The molecule has 0 amide bonds. The number of halogens is 1. The number of hydrogen-bond acceptors (Lipinski definition) is 5. The second kappa shape index (κ2) is 3.80. The number of aromatic nitrogens is 5. The summed E-state index contributed by atoms with van der Waals surface area (Å²) in [5, 5.41) is 10.3. The van der Waals surface area contributed by atoms with E-state index >= 15 is 0 Å². The van der Waals surface area contributed by atoms with Crippen molar-refractivity contribution in [2.75, 3.05) is 0 Å². The molecule has 3 aromatic heterocycles. The predicted molar refractivity (Wildman–Crippen MR) is 61.5 cm³/mol. The summed E-state index contributed by atoms with van der Waals surface area (Å²) in [6.45, 7) is 0.654. The molecular formula is C9H6ClN5S. The van der Waals surface area contributed by atoms with Crippen molar-refractivity contribution in [3.63, 3.8) is 0 Å². The van der Waals surface area contributed by atoms with Crippen molar-refractivity contribution in [1.29, 1.82) is 0 Å². The van der Waals surface area contributed by atoms with Gasteiger partial charge in [-0.2, -0.15) is 0 Å². The molecule has 0 N–H and O–H groups in total. The summed E-state index contributed by atoms with van der Waals surface area (Å²) in [6.07, 6.45) is 1.42. The van der Waals surface area contributed by atoms with Crippen molar-refractivity contribution >= 4 is 34.1 Å². The van der Waals surface area contributed by atoms with Gasteiger partial charge < -0.3 is 0 Å². The van der Waals surface area contributed by atoms with Crippen molar-refractivity contribution in [2.24, 2.45) is 0 Å². The summed E-state index contributed by atoms with van der Waals surface area (Å²) in [7, 11) is 0. The van der Waals surface area contributed by atoms with Gasteiger partial charge in [0.1, 0.15) is 6.33 Å². The maximum Gasteiger partial charge on any atom is 0.183 e. The zero-order valence-electron chi connectivity index (χ0n) is 8.04. The van der Waals surface area contributed by atoms with Crippen LogP contribution in [0.4, 0.5) is 0 Å². The molecule has 0 fully saturated rings. The molecule has 3 heterocycles. The Bertz CT molecular complexity index is 618. The minimum atomic E-state index is 0.336. The van der Waals surface area contributed by atoms with Crippen molar-refractivity contribution in [3.8, 4) is 0 Å². The summed E-state index contributed by atoms with van der Waals surface area (Å²) in [4.78, 5) is 9.18. The summed E-state index contributed by atoms with van der Waals surface area (Å²) in [5.74, 6) is 0. The minimum Gasteiger partial charge on any atom is -0.222 e. The lowest BCUT2D eigenvalue weighted by atomic mass is 10.4. The van der Waals surface area contributed by atoms with Crippen LogP contribution in [0.5, 0.6) is 0 Å². The molecule has 0 bridgehead atoms. The molecule has 0 spiro atoms. The maximum absolute atomic E-state index is 5.89. The molecule has 0 saturated heterocycles. The summed E-state index contributed by atoms with van der Waals surface area (Å²) >= 11 is 7.56. The van der Waals surface area contributed by atoms with E-state index in [1.807, 2.05) is 17.5 Å². The van der Waals surface area contributed by atoms with Crippen LogP contribution in [0.3, 0.4) is 0 Å². The highest BCUT2D eigenvalue weighted by atomic mass is 35.5. The number of rotatable bonds is 2. The zero-order chi connectivity index (χ0) is 11.0. The van der Waals surface area contributed by atoms with Crippen LogP contribution in [0.25, 0.3) is 11.2 Å². The molecule has 16 heavy (non-hydrogen) atoms. The first-order valence-electron chi connectivity index (χ1n) is 4.56. The fraction of sp³-hybridized carbons (Fsp3) is 0.111. The van der Waals surface area contributed by atoms with Crippen LogP contribution >= 0.6 is 22.9 Å². The van der Waals surface area contributed by atoms with E-state index in [9.17, 15) is 0 Å². The largest absolute Gasteiger partial charge is 0.222 e. The van der Waals surface area contributed by atoms with Crippen LogP contribution in [-0.2, 0) is 6.54 Å². The van der Waals surface area contributed by atoms with Gasteiger partial charge in [0.2, 0.25) is 0 Å². The molecule has 0 atom stereocenters. The molecule has 0 aromatic carbocycles. The Balaban J connectivity index is 2.08. The molecule has 0 aliphatic heterocycles. The molecule has 3 aromatic rings. The maximum atomic E-state index is 5.89. The first kappa shape index (κ1) is 9.68. The van der Waals surface area contributed by atoms with Crippen LogP contribution in [-0.4, -0.2) is 25.0 Å². The number of fused-ring (bicyclic) bond motifs is 1. The molecule has 0 aliphatic rings. The van der Waals surface area contributed by atoms with Crippen molar-refractivity contribution in [2.45, 2.75) is 6.54 Å². The standard InChI is InChI=1S/C9H6ClN5S/c10-8-7-9(12-5-11-8)15(14-13-7)4-6-2-1-3-16-6/h1-3,5H,4H2. The second-order valence-electron chi connectivity index (χ2n) is 3.16. The third-order valence-electron chi connectivity index (χ3n) is 2.14. The van der Waals surface area contributed by atoms with E-state index in [4.69, 9.17) is 11.6 Å². The van der Waals surface area contributed by atoms with Crippen molar-refractivity contribution in [1.82, 2.24) is 25.0 Å². The van der Waals surface area contributed by atoms with Crippen molar-refractivity contribution < 1.29 is 0 Å². The monoisotopic (exact) mass is 251 g/mol. The Morgan fingerprint density at radius 3 is 3.12 bits per heavy atom. The Labute approximate surface area is 99.7 Å². The molecule has 0 aliphatic carbocycles. The highest BCUT2D eigenvalue weighted by Crippen LogP contribution is 2.17. The Hall–Kier alpha value is -1.53. The molecule has 7 heteroatoms. The van der Waals surface area contributed by atoms with Gasteiger partial charge in [-0.15, -0.1) is 16.4 Å². The van der Waals surface area contributed by atoms with Gasteiger partial charge >= 0.3 is 0 Å². The zero-order valence-corrected chi connectivity index (χ0v) is 9.61. The molecule has 0 unspecified atom stereocenters. The molecule has 80 valence electrons. The Morgan fingerprint density at radius 2 is 2.31 bits per heavy atom. The average molecular weight is 252 g/mol. The van der Waals surface area contributed by atoms with Gasteiger partial charge in [0.05, 0.1) is 6.54 Å². The van der Waals surface area contributed by atoms with Gasteiger partial charge in [-0.3, -0.25) is 0 Å². The summed E-state index contributed by atoms with van der Waals surface area (Å²) in [5.41, 5.74) is 1.20. The SMILES string of the molecule is Clc1ncnc2c1nnn2Cc1cccs1. The average Bonchev–Trinajstić information content (AvgIpc) is 2.90. The van der Waals surface area contributed by atoms with E-state index in [0.29, 0.717) is 22.9 Å². The normalized spacial score (nSPS) is 11.1. The lowest BCUT2D eigenvalue weighted by Gasteiger charge is -1.97. The highest BCUT2D eigenvalue weighted by molar-refractivity contribution is 7.09. The third-order valence-corrected chi connectivity index (χ3v) is 3.28. The van der Waals surface area contributed by atoms with Gasteiger partial charge in [-0.1, -0.05) is 22.9 Å². The van der Waals surface area contributed by atoms with Crippen LogP contribution in [0, 0.1) is 0 Å². The van der Waals surface area contributed by atoms with Gasteiger partial charge in [0, 0.05) is 4.88 Å². The Morgan fingerprint density at radius 1 is 1.38 bits per heavy atom. The van der Waals surface area contributed by atoms with E-state index in [-0.39, 0.29) is 0 Å². The topological polar surface area (TPSA) is 56.5 Å². The molecule has 3 rings (SSSR count). The molecule has 5 nitrogen and oxygen atoms in total. The second-order valence-corrected chi connectivity index (χ2v) is 4.55. The predicted octanol–water partition coefficient (Wildman–Crippen LogP) is 1.98. The van der Waals surface area contributed by atoms with E-state index in [0.717, 1.165) is 0 Å². The van der Waals surface area contributed by atoms with E-state index in [1.165, 1.54) is 11.2 Å². The lowest BCUT2D eigenvalue weighted by Crippen LogP contribution is -2.01. The van der Waals surface area contributed by atoms with Gasteiger partial charge in [0.15, 0.2) is 16.3 Å². The van der Waals surface area contributed by atoms with E-state index < -0.39 is 0 Å². The van der Waals surface area contributed by atoms with Crippen LogP contribution in [0.15, 0.2) is 23.8 Å². The first-order chi connectivity index (χ1) is 7.84. The van der Waals surface area contributed by atoms with Crippen LogP contribution < -0.4 is 0 Å². The quantitative estimate of drug-likeness (QED) is 0.654. The molecule has 0 saturated carbocycles. The van der Waals surface area contributed by atoms with E-state index in [2.05, 4.69) is 20.3 Å². The highest BCUT2D eigenvalue weighted by Gasteiger charge is 2.10. The first-order valence-corrected chi connectivity index (χ1v) is 5.82. The number of thiophene rings is 1. The molecular weight excluding hydrogens is 246 g/mol. The van der Waals surface area contributed by atoms with Gasteiger partial charge in [-0.05, 0) is 11.4 Å². The summed E-state index contributed by atoms with van der Waals surface area (Å²) in [6, 6.07) is 4.04. The minimum absolute atomic E-state index is 0.336. The third kappa shape index (κ3) is 1.56. The smallest absolute Gasteiger partial charge is 0.183 e. The fourth-order valence-corrected chi connectivity index (χ4v) is 2.27. The fourth-order valence-electron chi connectivity index (χ4n) is 1.42. The lowest BCUT2D eigenvalue weighted by molar-refractivity contribution is 0.670.